The predicted octanol–water partition coefficient (Wildman–Crippen LogP) is 7.58. The number of benzene rings is 2. The molecule has 0 unspecified atom stereocenters. The number of anilines is 2. The lowest BCUT2D eigenvalue weighted by atomic mass is 10.1. The number of hydrogen-bond acceptors (Lipinski definition) is 6. The van der Waals surface area contributed by atoms with Gasteiger partial charge < -0.3 is 19.1 Å². The Morgan fingerprint density at radius 3 is 2.12 bits per heavy atom. The Hall–Kier alpha value is -1.02. The number of unbranched alkanes of at least 4 members (excludes halogenated alkanes) is 1. The molecule has 2 aromatic rings. The Kier molecular flexibility index (Phi) is 17.6. The van der Waals surface area contributed by atoms with Crippen molar-refractivity contribution in [3.8, 4) is 5.75 Å². The number of ether oxygens (including phenoxy) is 1. The Morgan fingerprint density at radius 1 is 0.906 bits per heavy atom. The topological polar surface area (TPSA) is 36.5 Å². The van der Waals surface area contributed by atoms with E-state index < -0.39 is 0 Å². The second-order valence-corrected chi connectivity index (χ2v) is 9.73. The van der Waals surface area contributed by atoms with E-state index in [9.17, 15) is 0 Å². The Bertz CT molecular complexity index is 685. The molecule has 0 aromatic heterocycles. The molecule has 2 N–H and O–H groups in total. The summed E-state index contributed by atoms with van der Waals surface area (Å²) < 4.78 is 12.4. The lowest BCUT2D eigenvalue weighted by Gasteiger charge is -2.17. The highest BCUT2D eigenvalue weighted by Crippen LogP contribution is 2.17. The summed E-state index contributed by atoms with van der Waals surface area (Å²) in [5, 5.41) is 1.16. The SMILES string of the molecule is CCCCBr.CCCSNc1ccc(CCN(C)CCOc2ccc(NSC)cc2)cc1. The minimum atomic E-state index is 0.698. The standard InChI is InChI=1S/C21H31N3OS2.C4H9Br/c1-4-17-27-23-20-7-5-18(6-8-20)13-14-24(2)15-16-25-21-11-9-19(10-12-21)22-26-3;1-2-3-4-5/h5-12,22-23H,4,13-17H2,1-3H3;2-4H2,1H3. The lowest BCUT2D eigenvalue weighted by molar-refractivity contribution is 0.239. The minimum absolute atomic E-state index is 0.698. The highest BCUT2D eigenvalue weighted by Gasteiger charge is 2.02. The van der Waals surface area contributed by atoms with Gasteiger partial charge in [-0.05, 0) is 68.3 Å². The van der Waals surface area contributed by atoms with Crippen molar-refractivity contribution in [1.29, 1.82) is 0 Å². The fourth-order valence-corrected chi connectivity index (χ4v) is 4.14. The fraction of sp³-hybridized carbons (Fsp3) is 0.520. The van der Waals surface area contributed by atoms with Gasteiger partial charge in [-0.25, -0.2) is 0 Å². The molecule has 0 spiro atoms. The third-order valence-corrected chi connectivity index (χ3v) is 6.53. The first-order chi connectivity index (χ1) is 15.6. The van der Waals surface area contributed by atoms with Gasteiger partial charge in [-0.3, -0.25) is 0 Å². The van der Waals surface area contributed by atoms with Gasteiger partial charge in [0, 0.05) is 41.8 Å². The maximum Gasteiger partial charge on any atom is 0.119 e. The molecule has 0 fully saturated rings. The Morgan fingerprint density at radius 2 is 1.56 bits per heavy atom. The van der Waals surface area contributed by atoms with Crippen molar-refractivity contribution < 1.29 is 4.74 Å². The Labute approximate surface area is 213 Å². The molecule has 0 saturated carbocycles. The van der Waals surface area contributed by atoms with E-state index in [4.69, 9.17) is 4.74 Å². The number of halogens is 1. The molecule has 0 amide bonds. The van der Waals surface area contributed by atoms with Crippen LogP contribution in [-0.2, 0) is 6.42 Å². The van der Waals surface area contributed by atoms with Crippen molar-refractivity contribution in [3.63, 3.8) is 0 Å². The van der Waals surface area contributed by atoms with Crippen LogP contribution in [0, 0.1) is 0 Å². The first kappa shape index (κ1) is 29.0. The molecule has 7 heteroatoms. The van der Waals surface area contributed by atoms with Crippen LogP contribution >= 0.6 is 39.8 Å². The molecule has 0 radical (unpaired) electrons. The van der Waals surface area contributed by atoms with Crippen LogP contribution in [0.2, 0.25) is 0 Å². The number of nitrogens with one attached hydrogen (secondary N) is 2. The Balaban J connectivity index is 0.000000920. The highest BCUT2D eigenvalue weighted by atomic mass is 79.9. The third-order valence-electron chi connectivity index (χ3n) is 4.54. The van der Waals surface area contributed by atoms with Gasteiger partial charge in [0.15, 0.2) is 0 Å². The molecule has 0 aliphatic heterocycles. The number of nitrogens with zero attached hydrogens (tertiary/aromatic N) is 1. The van der Waals surface area contributed by atoms with Crippen molar-refractivity contribution in [2.45, 2.75) is 39.5 Å². The van der Waals surface area contributed by atoms with E-state index in [1.807, 2.05) is 30.5 Å². The summed E-state index contributed by atoms with van der Waals surface area (Å²) in [4.78, 5) is 2.31. The van der Waals surface area contributed by atoms with Gasteiger partial charge in [-0.2, -0.15) is 0 Å². The zero-order valence-electron chi connectivity index (χ0n) is 20.0. The van der Waals surface area contributed by atoms with Gasteiger partial charge in [-0.1, -0.05) is 72.2 Å². The van der Waals surface area contributed by atoms with Crippen LogP contribution in [0.5, 0.6) is 5.75 Å². The molecule has 0 aliphatic carbocycles. The van der Waals surface area contributed by atoms with Crippen LogP contribution in [0.1, 0.15) is 38.7 Å². The lowest BCUT2D eigenvalue weighted by Crippen LogP contribution is -2.26. The summed E-state index contributed by atoms with van der Waals surface area (Å²) in [7, 11) is 2.15. The average molecular weight is 543 g/mol. The minimum Gasteiger partial charge on any atom is -0.492 e. The molecule has 2 aromatic carbocycles. The van der Waals surface area contributed by atoms with Gasteiger partial charge in [0.25, 0.3) is 0 Å². The average Bonchev–Trinajstić information content (AvgIpc) is 2.81. The first-order valence-electron chi connectivity index (χ1n) is 11.4. The van der Waals surface area contributed by atoms with Crippen LogP contribution < -0.4 is 14.2 Å². The summed E-state index contributed by atoms with van der Waals surface area (Å²) in [6, 6.07) is 16.8. The molecule has 0 atom stereocenters. The largest absolute Gasteiger partial charge is 0.492 e. The van der Waals surface area contributed by atoms with E-state index in [2.05, 4.69) is 75.4 Å². The molecule has 4 nitrogen and oxygen atoms in total. The van der Waals surface area contributed by atoms with E-state index in [-0.39, 0.29) is 0 Å². The van der Waals surface area contributed by atoms with E-state index >= 15 is 0 Å². The molecule has 0 saturated heterocycles. The number of alkyl halides is 1. The van der Waals surface area contributed by atoms with Crippen LogP contribution in [-0.4, -0.2) is 49.0 Å². The van der Waals surface area contributed by atoms with Crippen LogP contribution in [0.15, 0.2) is 48.5 Å². The third kappa shape index (κ3) is 14.2. The molecule has 32 heavy (non-hydrogen) atoms. The fourth-order valence-electron chi connectivity index (χ4n) is 2.60. The molecule has 0 heterocycles. The van der Waals surface area contributed by atoms with Crippen molar-refractivity contribution >= 4 is 51.2 Å². The summed E-state index contributed by atoms with van der Waals surface area (Å²) in [5.41, 5.74) is 3.64. The van der Waals surface area contributed by atoms with Gasteiger partial charge >= 0.3 is 0 Å². The zero-order chi connectivity index (χ0) is 23.4. The van der Waals surface area contributed by atoms with Crippen molar-refractivity contribution in [2.75, 3.05) is 53.5 Å². The first-order valence-corrected chi connectivity index (χ1v) is 14.7. The van der Waals surface area contributed by atoms with Crippen molar-refractivity contribution in [1.82, 2.24) is 4.90 Å². The van der Waals surface area contributed by atoms with Gasteiger partial charge in [0.2, 0.25) is 0 Å². The predicted molar refractivity (Wildman–Crippen MR) is 152 cm³/mol. The highest BCUT2D eigenvalue weighted by molar-refractivity contribution is 9.09. The molecule has 0 aliphatic rings. The zero-order valence-corrected chi connectivity index (χ0v) is 23.3. The normalized spacial score (nSPS) is 10.4. The van der Waals surface area contributed by atoms with Crippen LogP contribution in [0.4, 0.5) is 11.4 Å². The smallest absolute Gasteiger partial charge is 0.119 e. The molecular weight excluding hydrogens is 502 g/mol. The van der Waals surface area contributed by atoms with Gasteiger partial charge in [0.05, 0.1) is 0 Å². The monoisotopic (exact) mass is 541 g/mol. The number of likely N-dealkylation sites (N-methyl/N-ethyl adjacent to an activating group) is 1. The van der Waals surface area contributed by atoms with E-state index in [0.717, 1.165) is 42.0 Å². The molecule has 2 rings (SSSR count). The van der Waals surface area contributed by atoms with E-state index in [1.165, 1.54) is 30.5 Å². The van der Waals surface area contributed by atoms with Crippen molar-refractivity contribution in [2.24, 2.45) is 0 Å². The van der Waals surface area contributed by atoms with Crippen molar-refractivity contribution in [3.05, 3.63) is 54.1 Å². The second kappa shape index (κ2) is 19.4. The van der Waals surface area contributed by atoms with Gasteiger partial charge in [0.1, 0.15) is 12.4 Å². The maximum atomic E-state index is 5.84. The molecular formula is C25H40BrN3OS2. The number of hydrogen-bond donors (Lipinski definition) is 2. The number of rotatable bonds is 15. The maximum absolute atomic E-state index is 5.84. The molecule has 180 valence electrons. The summed E-state index contributed by atoms with van der Waals surface area (Å²) in [5.74, 6) is 2.05. The summed E-state index contributed by atoms with van der Waals surface area (Å²) >= 11 is 6.66. The van der Waals surface area contributed by atoms with Crippen LogP contribution in [0.3, 0.4) is 0 Å². The van der Waals surface area contributed by atoms with Gasteiger partial charge in [-0.15, -0.1) is 0 Å². The van der Waals surface area contributed by atoms with E-state index in [1.54, 1.807) is 23.9 Å². The molecule has 0 bridgehead atoms. The summed E-state index contributed by atoms with van der Waals surface area (Å²) in [6.07, 6.45) is 6.85. The second-order valence-electron chi connectivity index (χ2n) is 7.42. The quantitative estimate of drug-likeness (QED) is 0.137. The van der Waals surface area contributed by atoms with Crippen LogP contribution in [0.25, 0.3) is 0 Å². The summed E-state index contributed by atoms with van der Waals surface area (Å²) in [6.45, 7) is 7.01. The van der Waals surface area contributed by atoms with E-state index in [0.29, 0.717) is 6.61 Å².